The molecule has 29 nitrogen and oxygen atoms in total. The highest BCUT2D eigenvalue weighted by molar-refractivity contribution is 5.74. The molecule has 0 bridgehead atoms. The lowest BCUT2D eigenvalue weighted by molar-refractivity contribution is -0.499. The average Bonchev–Trinajstić information content (AvgIpc) is 0.682. The van der Waals surface area contributed by atoms with Crippen LogP contribution in [0.2, 0.25) is 0 Å². The maximum absolute atomic E-state index is 14.8. The van der Waals surface area contributed by atoms with Gasteiger partial charge in [0.2, 0.25) is 0 Å². The van der Waals surface area contributed by atoms with Gasteiger partial charge in [-0.15, -0.1) is 0 Å². The van der Waals surface area contributed by atoms with Gasteiger partial charge in [-0.05, 0) is 116 Å². The smallest absolute Gasteiger partial charge is 0.357 e. The van der Waals surface area contributed by atoms with Crippen LogP contribution in [-0.4, -0.2) is 276 Å². The van der Waals surface area contributed by atoms with Gasteiger partial charge >= 0.3 is 23.9 Å². The molecule has 5 aliphatic carbocycles. The van der Waals surface area contributed by atoms with Crippen molar-refractivity contribution >= 4 is 5.97 Å². The Balaban J connectivity index is 0.855. The van der Waals surface area contributed by atoms with Crippen LogP contribution in [0.5, 0.6) is 0 Å². The second kappa shape index (κ2) is 24.5. The Morgan fingerprint density at radius 1 is 0.607 bits per heavy atom. The minimum atomic E-state index is -3.35. The number of carbonyl (C=O) groups excluding carboxylic acids is 1. The van der Waals surface area contributed by atoms with Gasteiger partial charge in [-0.3, -0.25) is 4.79 Å². The lowest BCUT2D eigenvalue weighted by Crippen LogP contribution is -2.71. The van der Waals surface area contributed by atoms with E-state index in [0.717, 1.165) is 17.6 Å². The molecule has 3 saturated carbocycles. The molecule has 0 spiro atoms. The average molecular weight is 1280 g/mol. The monoisotopic (exact) mass is 1280 g/mol. The number of allylic oxidation sites excluding steroid dienone is 4. The SMILES string of the molecule is C[C@H]1OC(O[C@@H]2C(CO)O[C@@](O)(OCC3O[C@@](O)(OC(=O)[C@@H]4CC(C)(C)CC5=C6C=CC7[C@@]8(C)CC[C@H](OC9(O[C@H]%10C(O)[C@H](O)C(CO)O[C@@H]%10O)O[C@H](C)[C@@H](O)[C@H](O)[C@@H]9O)C(C)(C)C8CC[C@@]7(C)[C@]6(C)CCC54)[C@@H](O)C(O)[C@@H]3O)[C@@H](O)C2O)[C@@H](O)[C@@H](O)[C@@H]1O. The molecule has 5 saturated heterocycles. The molecule has 5 aliphatic heterocycles. The summed E-state index contributed by atoms with van der Waals surface area (Å²) in [6.45, 7) is 14.9. The van der Waals surface area contributed by atoms with Crippen LogP contribution >= 0.6 is 0 Å². The summed E-state index contributed by atoms with van der Waals surface area (Å²) >= 11 is 0. The number of hydrogen-bond donors (Lipinski definition) is 18. The van der Waals surface area contributed by atoms with Crippen LogP contribution in [-0.2, 0) is 52.2 Å². The van der Waals surface area contributed by atoms with Gasteiger partial charge in [0, 0.05) is 0 Å². The van der Waals surface area contributed by atoms with Gasteiger partial charge < -0.3 is 139 Å². The number of hydrogen-bond acceptors (Lipinski definition) is 29. The summed E-state index contributed by atoms with van der Waals surface area (Å²) in [5.41, 5.74) is -0.368. The van der Waals surface area contributed by atoms with E-state index in [1.807, 2.05) is 27.7 Å². The molecule has 5 heterocycles. The predicted octanol–water partition coefficient (Wildman–Crippen LogP) is -4.42. The third-order valence-electron chi connectivity index (χ3n) is 22.9. The van der Waals surface area contributed by atoms with Crippen molar-refractivity contribution in [1.82, 2.24) is 0 Å². The molecule has 8 fully saturated rings. The van der Waals surface area contributed by atoms with E-state index in [1.54, 1.807) is 0 Å². The summed E-state index contributed by atoms with van der Waals surface area (Å²) in [6.07, 6.45) is -32.5. The number of fused-ring (bicyclic) bond motifs is 6. The Kier molecular flexibility index (Phi) is 19.2. The first kappa shape index (κ1) is 69.7. The second-order valence-corrected chi connectivity index (χ2v) is 29.2. The van der Waals surface area contributed by atoms with Gasteiger partial charge in [0.1, 0.15) is 91.6 Å². The molecule has 10 rings (SSSR count). The van der Waals surface area contributed by atoms with E-state index >= 15 is 0 Å². The van der Waals surface area contributed by atoms with E-state index in [0.29, 0.717) is 38.5 Å². The van der Waals surface area contributed by atoms with E-state index in [2.05, 4.69) is 32.9 Å². The zero-order valence-electron chi connectivity index (χ0n) is 51.6. The molecule has 89 heavy (non-hydrogen) atoms. The van der Waals surface area contributed by atoms with Crippen molar-refractivity contribution in [3.05, 3.63) is 23.3 Å². The zero-order chi connectivity index (χ0) is 65.6. The topological polar surface area (TPSA) is 474 Å². The molecular weight excluding hydrogens is 1180 g/mol. The Bertz CT molecular complexity index is 2610. The Hall–Kier alpha value is -2.13. The van der Waals surface area contributed by atoms with Crippen molar-refractivity contribution in [2.24, 2.45) is 50.7 Å². The van der Waals surface area contributed by atoms with Crippen molar-refractivity contribution in [3.63, 3.8) is 0 Å². The number of aliphatic hydroxyl groups excluding tert-OH is 16. The molecule has 33 atom stereocenters. The number of aliphatic hydroxyl groups is 18. The minimum Gasteiger partial charge on any atom is -0.405 e. The fraction of sp³-hybridized carbons (Fsp3) is 0.917. The van der Waals surface area contributed by atoms with E-state index in [9.17, 15) is 96.7 Å². The first-order chi connectivity index (χ1) is 41.3. The molecule has 0 radical (unpaired) electrons. The third-order valence-corrected chi connectivity index (χ3v) is 22.9. The first-order valence-electron chi connectivity index (χ1n) is 31.1. The van der Waals surface area contributed by atoms with E-state index in [1.165, 1.54) is 13.8 Å². The Labute approximate surface area is 514 Å². The van der Waals surface area contributed by atoms with Gasteiger partial charge in [0.15, 0.2) is 30.9 Å². The maximum Gasteiger partial charge on any atom is 0.357 e. The first-order valence-corrected chi connectivity index (χ1v) is 31.1. The van der Waals surface area contributed by atoms with Gasteiger partial charge in [-0.2, -0.15) is 0 Å². The van der Waals surface area contributed by atoms with Gasteiger partial charge in [0.25, 0.3) is 0 Å². The van der Waals surface area contributed by atoms with Crippen molar-refractivity contribution in [2.75, 3.05) is 19.8 Å². The number of carbonyl (C=O) groups is 1. The zero-order valence-corrected chi connectivity index (χ0v) is 51.6. The number of rotatable bonds is 13. The molecule has 10 aliphatic rings. The summed E-state index contributed by atoms with van der Waals surface area (Å²) < 4.78 is 57.6. The summed E-state index contributed by atoms with van der Waals surface area (Å²) in [6, 6.07) is 0. The van der Waals surface area contributed by atoms with Crippen molar-refractivity contribution < 1.29 is 144 Å². The number of esters is 1. The molecule has 0 aromatic heterocycles. The molecular formula is C60H96O29. The molecule has 0 aromatic carbocycles. The molecule has 0 aromatic rings. The minimum absolute atomic E-state index is 0.0203. The molecule has 11 unspecified atom stereocenters. The van der Waals surface area contributed by atoms with Crippen LogP contribution in [0.15, 0.2) is 23.3 Å². The standard InChI is InChI=1S/C60H96O29/c1-23-35(63)39(67)43(71)52(81-23)83-45-30(21-62)85-58(78,48(74)44(45)72)80-22-31-38(66)42(70)47(73)59(79,86-31)89-50(76)27-19-53(3,4)18-26-25(27)12-16-56(8)28(26)10-11-33-55(7)15-14-34(54(5,6)32(55)13-17-57(33,56)9)87-60(49(75)41(69)36(64)24(2)84-60)88-46-40(68)37(65)29(20-61)82-51(46)77/h10-11,23-25,27,29-49,51-52,61-75,77-79H,12-22H2,1-9H3/t23-,24-,25?,27-,29?,30?,31?,32?,33?,34+,35-,36-,37-,38-,39+,40?,41+,42?,43+,44?,45-,46+,47+,48+,49+,51+,52?,55+,56-,57-,58+,59-,60?/m1/s1. The summed E-state index contributed by atoms with van der Waals surface area (Å²) in [7, 11) is 0. The highest BCUT2D eigenvalue weighted by Gasteiger charge is 2.69. The maximum atomic E-state index is 14.8. The fourth-order valence-electron chi connectivity index (χ4n) is 17.5. The van der Waals surface area contributed by atoms with Gasteiger partial charge in [-0.25, -0.2) is 0 Å². The van der Waals surface area contributed by atoms with Gasteiger partial charge in [0.05, 0.1) is 44.1 Å². The normalized spacial score (nSPS) is 54.7. The largest absolute Gasteiger partial charge is 0.405 e. The Morgan fingerprint density at radius 2 is 1.22 bits per heavy atom. The van der Waals surface area contributed by atoms with E-state index in [4.69, 9.17) is 47.4 Å². The quantitative estimate of drug-likeness (QED) is 0.0470. The van der Waals surface area contributed by atoms with Crippen LogP contribution in [0.4, 0.5) is 0 Å². The van der Waals surface area contributed by atoms with E-state index in [-0.39, 0.29) is 29.1 Å². The second-order valence-electron chi connectivity index (χ2n) is 29.2. The van der Waals surface area contributed by atoms with Crippen LogP contribution in [0, 0.1) is 50.7 Å². The summed E-state index contributed by atoms with van der Waals surface area (Å²) in [5.74, 6) is -11.7. The lowest BCUT2D eigenvalue weighted by atomic mass is 9.36. The van der Waals surface area contributed by atoms with Gasteiger partial charge in [-0.1, -0.05) is 66.2 Å². The van der Waals surface area contributed by atoms with Crippen LogP contribution in [0.25, 0.3) is 0 Å². The Morgan fingerprint density at radius 3 is 1.89 bits per heavy atom. The van der Waals surface area contributed by atoms with Crippen LogP contribution in [0.1, 0.15) is 114 Å². The summed E-state index contributed by atoms with van der Waals surface area (Å²) in [4.78, 5) is 14.8. The van der Waals surface area contributed by atoms with Crippen LogP contribution in [0.3, 0.4) is 0 Å². The predicted molar refractivity (Wildman–Crippen MR) is 296 cm³/mol. The summed E-state index contributed by atoms with van der Waals surface area (Å²) in [5, 5.41) is 197. The molecule has 510 valence electrons. The van der Waals surface area contributed by atoms with Crippen molar-refractivity contribution in [3.8, 4) is 0 Å². The highest BCUT2D eigenvalue weighted by Crippen LogP contribution is 2.74. The molecule has 0 amide bonds. The fourth-order valence-corrected chi connectivity index (χ4v) is 17.5. The van der Waals surface area contributed by atoms with E-state index < -0.39 is 213 Å². The molecule has 29 heteroatoms. The van der Waals surface area contributed by atoms with Crippen molar-refractivity contribution in [1.29, 1.82) is 0 Å². The number of ether oxygens (including phenoxy) is 10. The van der Waals surface area contributed by atoms with Crippen molar-refractivity contribution in [2.45, 2.75) is 272 Å². The third kappa shape index (κ3) is 11.4. The highest BCUT2D eigenvalue weighted by atomic mass is 16.9. The molecule has 18 N–H and O–H groups in total. The van der Waals surface area contributed by atoms with Crippen LogP contribution < -0.4 is 0 Å². The lowest BCUT2D eigenvalue weighted by Gasteiger charge is -2.69.